The Morgan fingerprint density at radius 3 is 2.26 bits per heavy atom. The Bertz CT molecular complexity index is 1020. The smallest absolute Gasteiger partial charge is 0.302 e. The van der Waals surface area contributed by atoms with Crippen molar-refractivity contribution in [3.05, 3.63) is 0 Å². The summed E-state index contributed by atoms with van der Waals surface area (Å²) in [6.07, 6.45) is 4.66. The quantitative estimate of drug-likeness (QED) is 0.263. The summed E-state index contributed by atoms with van der Waals surface area (Å²) >= 11 is 0. The third kappa shape index (κ3) is 6.12. The first-order chi connectivity index (χ1) is 19.4. The van der Waals surface area contributed by atoms with Crippen molar-refractivity contribution in [1.82, 2.24) is 0 Å². The summed E-state index contributed by atoms with van der Waals surface area (Å²) in [5, 5.41) is 34.3. The van der Waals surface area contributed by atoms with Crippen LogP contribution in [-0.2, 0) is 28.6 Å². The highest BCUT2D eigenvalue weighted by atomic mass is 16.6. The lowest BCUT2D eigenvalue weighted by Gasteiger charge is -2.66. The normalized spacial score (nSPS) is 41.0. The maximum absolute atomic E-state index is 12.3. The fourth-order valence-corrected chi connectivity index (χ4v) is 10.2. The van der Waals surface area contributed by atoms with Crippen LogP contribution in [0.3, 0.4) is 0 Å². The second kappa shape index (κ2) is 12.0. The maximum atomic E-state index is 12.3. The fourth-order valence-electron chi connectivity index (χ4n) is 10.2. The molecule has 3 N–H and O–H groups in total. The van der Waals surface area contributed by atoms with Gasteiger partial charge in [-0.15, -0.1) is 0 Å². The van der Waals surface area contributed by atoms with Gasteiger partial charge in [0.25, 0.3) is 0 Å². The van der Waals surface area contributed by atoms with Gasteiger partial charge >= 0.3 is 17.9 Å². The number of rotatable bonds is 9. The molecule has 11 atom stereocenters. The van der Waals surface area contributed by atoms with Crippen molar-refractivity contribution >= 4 is 17.9 Å². The minimum Gasteiger partial charge on any atom is -0.465 e. The van der Waals surface area contributed by atoms with Crippen molar-refractivity contribution in [2.24, 2.45) is 40.4 Å². The van der Waals surface area contributed by atoms with Crippen LogP contribution in [0.4, 0.5) is 0 Å². The van der Waals surface area contributed by atoms with Gasteiger partial charge in [-0.2, -0.15) is 0 Å². The molecule has 4 aliphatic carbocycles. The van der Waals surface area contributed by atoms with Crippen LogP contribution < -0.4 is 0 Å². The summed E-state index contributed by atoms with van der Waals surface area (Å²) in [6, 6.07) is 0. The number of hydrogen-bond donors (Lipinski definition) is 3. The molecule has 42 heavy (non-hydrogen) atoms. The van der Waals surface area contributed by atoms with E-state index in [4.69, 9.17) is 14.2 Å². The Morgan fingerprint density at radius 1 is 0.976 bits per heavy atom. The Kier molecular flexibility index (Phi) is 9.48. The number of hydrogen-bond acceptors (Lipinski definition) is 9. The summed E-state index contributed by atoms with van der Waals surface area (Å²) < 4.78 is 17.0. The molecule has 9 nitrogen and oxygen atoms in total. The van der Waals surface area contributed by atoms with Gasteiger partial charge in [-0.05, 0) is 107 Å². The van der Waals surface area contributed by atoms with E-state index in [9.17, 15) is 29.7 Å². The topological polar surface area (TPSA) is 140 Å². The number of carbonyl (C=O) groups is 3. The number of esters is 3. The van der Waals surface area contributed by atoms with Gasteiger partial charge in [0.15, 0.2) is 0 Å². The van der Waals surface area contributed by atoms with Crippen LogP contribution in [0.1, 0.15) is 113 Å². The zero-order chi connectivity index (χ0) is 31.3. The summed E-state index contributed by atoms with van der Waals surface area (Å²) in [7, 11) is 0. The van der Waals surface area contributed by atoms with E-state index in [0.717, 1.165) is 25.7 Å². The van der Waals surface area contributed by atoms with Crippen molar-refractivity contribution < 1.29 is 43.9 Å². The number of ether oxygens (including phenoxy) is 3. The fraction of sp³-hybridized carbons (Fsp3) is 0.909. The highest BCUT2D eigenvalue weighted by Crippen LogP contribution is 2.69. The molecule has 0 spiro atoms. The van der Waals surface area contributed by atoms with Crippen molar-refractivity contribution in [2.45, 2.75) is 142 Å². The minimum absolute atomic E-state index is 0.0403. The third-order valence-electron chi connectivity index (χ3n) is 12.0. The maximum Gasteiger partial charge on any atom is 0.302 e. The van der Waals surface area contributed by atoms with Crippen LogP contribution in [-0.4, -0.2) is 69.3 Å². The van der Waals surface area contributed by atoms with Crippen LogP contribution in [0.2, 0.25) is 0 Å². The predicted molar refractivity (Wildman–Crippen MR) is 155 cm³/mol. The van der Waals surface area contributed by atoms with Gasteiger partial charge in [0.1, 0.15) is 24.4 Å². The van der Waals surface area contributed by atoms with Gasteiger partial charge in [-0.25, -0.2) is 0 Å². The van der Waals surface area contributed by atoms with Gasteiger partial charge in [-0.1, -0.05) is 13.8 Å². The molecule has 0 aromatic heterocycles. The van der Waals surface area contributed by atoms with E-state index in [1.807, 2.05) is 0 Å². The molecule has 0 aromatic carbocycles. The van der Waals surface area contributed by atoms with Gasteiger partial charge in [0, 0.05) is 32.6 Å². The zero-order valence-corrected chi connectivity index (χ0v) is 26.7. The Labute approximate surface area is 251 Å². The average Bonchev–Trinajstić information content (AvgIpc) is 3.22. The van der Waals surface area contributed by atoms with E-state index in [2.05, 4.69) is 13.8 Å². The van der Waals surface area contributed by atoms with E-state index < -0.39 is 40.8 Å². The Balaban J connectivity index is 1.63. The molecule has 4 aliphatic rings. The van der Waals surface area contributed by atoms with Gasteiger partial charge in [0.05, 0.1) is 11.7 Å². The molecule has 240 valence electrons. The van der Waals surface area contributed by atoms with Crippen molar-refractivity contribution in [3.63, 3.8) is 0 Å². The minimum atomic E-state index is -1.53. The SMILES string of the molecule is CC(=O)OC[C@]12CC[C@@H](OC(C)=O)C[C@]1(O)[C@H](O)C[C@H]1[C@@H]3CC[C@H]([C@H](C)[C@H](CCC(C)(C)O)OC(C)=O)[C@@]3(C)CC[C@@H]12. The molecule has 0 aliphatic heterocycles. The van der Waals surface area contributed by atoms with Crippen LogP contribution in [0.15, 0.2) is 0 Å². The Morgan fingerprint density at radius 2 is 1.67 bits per heavy atom. The second-order valence-corrected chi connectivity index (χ2v) is 15.0. The van der Waals surface area contributed by atoms with Gasteiger partial charge in [-0.3, -0.25) is 14.4 Å². The second-order valence-electron chi connectivity index (χ2n) is 15.0. The van der Waals surface area contributed by atoms with E-state index in [-0.39, 0.29) is 48.3 Å². The zero-order valence-electron chi connectivity index (χ0n) is 26.7. The predicted octanol–water partition coefficient (Wildman–Crippen LogP) is 4.32. The summed E-state index contributed by atoms with van der Waals surface area (Å²) in [5.74, 6) is -0.236. The first-order valence-electron chi connectivity index (χ1n) is 16.0. The van der Waals surface area contributed by atoms with E-state index in [1.54, 1.807) is 13.8 Å². The molecule has 0 aromatic rings. The molecular formula is C33H54O9. The summed E-state index contributed by atoms with van der Waals surface area (Å²) in [4.78, 5) is 35.9. The molecule has 4 fully saturated rings. The lowest BCUT2D eigenvalue weighted by molar-refractivity contribution is -0.283. The van der Waals surface area contributed by atoms with E-state index >= 15 is 0 Å². The summed E-state index contributed by atoms with van der Waals surface area (Å²) in [5.41, 5.74) is -3.24. The third-order valence-corrected chi connectivity index (χ3v) is 12.0. The molecule has 0 heterocycles. The number of carbonyl (C=O) groups excluding carboxylic acids is 3. The average molecular weight is 595 g/mol. The first kappa shape index (κ1) is 33.2. The standard InChI is InChI=1S/C33H54O9/c1-19(28(42-22(4)36)12-13-30(5,6)38)25-8-9-26-24-16-29(37)33(39)17-23(41-21(3)35)10-15-32(33,18-40-20(2)34)27(24)11-14-31(25,26)7/h19,23-29,37-39H,8-18H2,1-7H3/t19-,23+,24-,25+,26-,27-,28-,29+,31+,32-,33-/m0/s1. The molecular weight excluding hydrogens is 540 g/mol. The van der Waals surface area contributed by atoms with E-state index in [0.29, 0.717) is 43.9 Å². The number of fused-ring (bicyclic) bond motifs is 5. The molecule has 0 radical (unpaired) electrons. The molecule has 0 amide bonds. The lowest BCUT2D eigenvalue weighted by Crippen LogP contribution is -2.71. The molecule has 4 saturated carbocycles. The van der Waals surface area contributed by atoms with Crippen LogP contribution in [0, 0.1) is 40.4 Å². The monoisotopic (exact) mass is 594 g/mol. The van der Waals surface area contributed by atoms with Crippen molar-refractivity contribution in [3.8, 4) is 0 Å². The highest BCUT2D eigenvalue weighted by Gasteiger charge is 2.70. The lowest BCUT2D eigenvalue weighted by atomic mass is 9.42. The van der Waals surface area contributed by atoms with E-state index in [1.165, 1.54) is 20.8 Å². The number of aliphatic hydroxyl groups is 3. The summed E-state index contributed by atoms with van der Waals surface area (Å²) in [6.45, 7) is 12.3. The highest BCUT2D eigenvalue weighted by molar-refractivity contribution is 5.66. The molecule has 4 rings (SSSR count). The van der Waals surface area contributed by atoms with Crippen LogP contribution >= 0.6 is 0 Å². The Hall–Kier alpha value is -1.71. The first-order valence-corrected chi connectivity index (χ1v) is 16.0. The van der Waals surface area contributed by atoms with Crippen LogP contribution in [0.5, 0.6) is 0 Å². The molecule has 0 bridgehead atoms. The number of aliphatic hydroxyl groups excluding tert-OH is 1. The van der Waals surface area contributed by atoms with Crippen molar-refractivity contribution in [1.29, 1.82) is 0 Å². The van der Waals surface area contributed by atoms with Gasteiger partial charge in [0.2, 0.25) is 0 Å². The molecule has 0 unspecified atom stereocenters. The molecule has 9 heteroatoms. The largest absolute Gasteiger partial charge is 0.465 e. The molecule has 0 saturated heterocycles. The van der Waals surface area contributed by atoms with Crippen molar-refractivity contribution in [2.75, 3.05) is 6.61 Å². The van der Waals surface area contributed by atoms with Gasteiger partial charge < -0.3 is 29.5 Å². The van der Waals surface area contributed by atoms with Crippen LogP contribution in [0.25, 0.3) is 0 Å².